The van der Waals surface area contributed by atoms with Gasteiger partial charge in [-0.2, -0.15) is 0 Å². The van der Waals surface area contributed by atoms with Gasteiger partial charge in [-0.05, 0) is 32.4 Å². The van der Waals surface area contributed by atoms with E-state index in [2.05, 4.69) is 10.9 Å². The van der Waals surface area contributed by atoms with Crippen molar-refractivity contribution in [1.82, 2.24) is 14.1 Å². The fourth-order valence-electron chi connectivity index (χ4n) is 3.29. The van der Waals surface area contributed by atoms with E-state index in [0.29, 0.717) is 5.56 Å². The number of nitrogens with zero attached hydrogens (tertiary/aromatic N) is 4. The first-order valence-corrected chi connectivity index (χ1v) is 9.14. The van der Waals surface area contributed by atoms with Gasteiger partial charge in [0.25, 0.3) is 5.56 Å². The molecule has 0 radical (unpaired) electrons. The molecule has 0 saturated carbocycles. The van der Waals surface area contributed by atoms with E-state index < -0.39 is 28.9 Å². The number of halogens is 2. The predicted octanol–water partition coefficient (Wildman–Crippen LogP) is 2.08. The largest absolute Gasteiger partial charge is 0.397 e. The third kappa shape index (κ3) is 3.67. The van der Waals surface area contributed by atoms with E-state index in [1.54, 1.807) is 26.1 Å². The first-order valence-electron chi connectivity index (χ1n) is 9.14. The van der Waals surface area contributed by atoms with Crippen LogP contribution >= 0.6 is 0 Å². The van der Waals surface area contributed by atoms with Gasteiger partial charge in [-0.3, -0.25) is 19.4 Å². The molecule has 1 aromatic carbocycles. The molecule has 1 atom stereocenters. The monoisotopic (exact) mass is 426 g/mol. The summed E-state index contributed by atoms with van der Waals surface area (Å²) in [5.74, 6) is 6.22. The fraction of sp³-hybridized carbons (Fsp3) is 0.190. The number of anilines is 3. The molecule has 0 saturated heterocycles. The summed E-state index contributed by atoms with van der Waals surface area (Å²) in [7, 11) is 0. The lowest BCUT2D eigenvalue weighted by atomic mass is 10.2. The number of hydrogen-bond donors (Lipinski definition) is 2. The Morgan fingerprint density at radius 1 is 1.16 bits per heavy atom. The van der Waals surface area contributed by atoms with Gasteiger partial charge in [-0.25, -0.2) is 24.0 Å². The van der Waals surface area contributed by atoms with E-state index in [9.17, 15) is 18.4 Å². The van der Waals surface area contributed by atoms with Gasteiger partial charge < -0.3 is 5.73 Å². The summed E-state index contributed by atoms with van der Waals surface area (Å²) in [5, 5.41) is 0.814. The second kappa shape index (κ2) is 8.04. The molecule has 8 nitrogen and oxygen atoms in total. The number of terminal acetylenes is 1. The van der Waals surface area contributed by atoms with Crippen LogP contribution in [-0.2, 0) is 0 Å². The van der Waals surface area contributed by atoms with E-state index in [1.807, 2.05) is 0 Å². The third-order valence-electron chi connectivity index (χ3n) is 4.82. The number of rotatable bonds is 4. The van der Waals surface area contributed by atoms with Crippen molar-refractivity contribution in [3.63, 3.8) is 0 Å². The number of pyridine rings is 1. The highest BCUT2D eigenvalue weighted by molar-refractivity contribution is 5.74. The number of hydrazine groups is 1. The molecular weight excluding hydrogens is 406 g/mol. The lowest BCUT2D eigenvalue weighted by molar-refractivity contribution is 0.509. The molecule has 4 N–H and O–H groups in total. The predicted molar refractivity (Wildman–Crippen MR) is 114 cm³/mol. The maximum atomic E-state index is 13.9. The van der Waals surface area contributed by atoms with Gasteiger partial charge in [-0.15, -0.1) is 6.42 Å². The lowest BCUT2D eigenvalue weighted by Gasteiger charge is -2.25. The van der Waals surface area contributed by atoms with Crippen LogP contribution in [0.4, 0.5) is 25.8 Å². The summed E-state index contributed by atoms with van der Waals surface area (Å²) >= 11 is 0. The molecule has 0 aliphatic heterocycles. The molecule has 3 rings (SSSR count). The van der Waals surface area contributed by atoms with Crippen LogP contribution in [0.1, 0.15) is 24.2 Å². The second-order valence-electron chi connectivity index (χ2n) is 6.99. The van der Waals surface area contributed by atoms with Crippen molar-refractivity contribution in [2.24, 2.45) is 5.84 Å². The third-order valence-corrected chi connectivity index (χ3v) is 4.82. The molecule has 0 aliphatic rings. The van der Waals surface area contributed by atoms with Crippen LogP contribution in [0.5, 0.6) is 0 Å². The van der Waals surface area contributed by atoms with Crippen molar-refractivity contribution in [3.05, 3.63) is 74.3 Å². The van der Waals surface area contributed by atoms with Gasteiger partial charge in [0.1, 0.15) is 5.69 Å². The molecule has 0 fully saturated rings. The number of nitrogen functional groups attached to an aromatic ring is 1. The minimum atomic E-state index is -1.20. The van der Waals surface area contributed by atoms with Crippen molar-refractivity contribution < 1.29 is 8.78 Å². The highest BCUT2D eigenvalue weighted by Gasteiger charge is 2.25. The summed E-state index contributed by atoms with van der Waals surface area (Å²) in [6.07, 6.45) is 8.42. The van der Waals surface area contributed by atoms with Crippen LogP contribution in [0, 0.1) is 37.8 Å². The molecule has 2 heterocycles. The molecule has 160 valence electrons. The zero-order valence-electron chi connectivity index (χ0n) is 17.1. The van der Waals surface area contributed by atoms with Crippen LogP contribution in [-0.4, -0.2) is 14.1 Å². The summed E-state index contributed by atoms with van der Waals surface area (Å²) in [5.41, 5.74) is 4.77. The van der Waals surface area contributed by atoms with E-state index in [0.717, 1.165) is 21.7 Å². The number of aromatic nitrogens is 3. The fourth-order valence-corrected chi connectivity index (χ4v) is 3.29. The Kier molecular flexibility index (Phi) is 5.64. The number of hydrogen-bond acceptors (Lipinski definition) is 6. The normalized spacial score (nSPS) is 11.8. The Bertz CT molecular complexity index is 1340. The minimum Gasteiger partial charge on any atom is -0.397 e. The molecule has 1 unspecified atom stereocenters. The van der Waals surface area contributed by atoms with Crippen molar-refractivity contribution >= 4 is 17.1 Å². The van der Waals surface area contributed by atoms with Crippen molar-refractivity contribution in [2.75, 3.05) is 10.7 Å². The van der Waals surface area contributed by atoms with Gasteiger partial charge in [0.15, 0.2) is 11.6 Å². The molecule has 0 aliphatic carbocycles. The van der Waals surface area contributed by atoms with Crippen molar-refractivity contribution in [2.45, 2.75) is 26.8 Å². The second-order valence-corrected chi connectivity index (χ2v) is 6.99. The van der Waals surface area contributed by atoms with E-state index in [4.69, 9.17) is 18.0 Å². The summed E-state index contributed by atoms with van der Waals surface area (Å²) in [4.78, 5) is 30.6. The molecule has 0 bridgehead atoms. The van der Waals surface area contributed by atoms with Crippen molar-refractivity contribution in [1.29, 1.82) is 0 Å². The highest BCUT2D eigenvalue weighted by atomic mass is 19.2. The molecule has 0 amide bonds. The SMILES string of the molecule is C#CC(C)n1c(C)c(N(N)c2cc(F)c(F)cc2N)c(=O)n(-c2cncc(C)c2)c1=O. The van der Waals surface area contributed by atoms with Crippen LogP contribution in [0.3, 0.4) is 0 Å². The van der Waals surface area contributed by atoms with Gasteiger partial charge in [-0.1, -0.05) is 5.92 Å². The summed E-state index contributed by atoms with van der Waals surface area (Å²) < 4.78 is 29.5. The first kappa shape index (κ1) is 21.7. The van der Waals surface area contributed by atoms with E-state index >= 15 is 0 Å². The Labute approximate surface area is 176 Å². The lowest BCUT2D eigenvalue weighted by Crippen LogP contribution is -2.45. The average molecular weight is 426 g/mol. The maximum absolute atomic E-state index is 13.9. The quantitative estimate of drug-likeness (QED) is 0.286. The molecule has 0 spiro atoms. The van der Waals surface area contributed by atoms with Crippen LogP contribution < -0.4 is 27.8 Å². The molecule has 3 aromatic rings. The number of benzene rings is 1. The molecule has 2 aromatic heterocycles. The smallest absolute Gasteiger partial charge is 0.337 e. The van der Waals surface area contributed by atoms with Crippen LogP contribution in [0.15, 0.2) is 40.2 Å². The minimum absolute atomic E-state index is 0.129. The van der Waals surface area contributed by atoms with E-state index in [1.165, 1.54) is 17.7 Å². The van der Waals surface area contributed by atoms with Crippen LogP contribution in [0.25, 0.3) is 5.69 Å². The van der Waals surface area contributed by atoms with E-state index in [-0.39, 0.29) is 28.4 Å². The Hall–Kier alpha value is -3.97. The standard InChI is InChI=1S/C21H20F2N6O2/c1-5-12(3)27-13(4)19(29(25)18-8-16(23)15(22)7-17(18)24)20(30)28(21(27)31)14-6-11(2)9-26-10-14/h1,6-10,12H,24-25H2,2-4H3. The van der Waals surface area contributed by atoms with Crippen molar-refractivity contribution in [3.8, 4) is 18.0 Å². The average Bonchev–Trinajstić information content (AvgIpc) is 2.70. The molecular formula is C21H20F2N6O2. The zero-order chi connectivity index (χ0) is 23.0. The summed E-state index contributed by atoms with van der Waals surface area (Å²) in [6, 6.07) is 2.36. The highest BCUT2D eigenvalue weighted by Crippen LogP contribution is 2.30. The van der Waals surface area contributed by atoms with Gasteiger partial charge >= 0.3 is 5.69 Å². The maximum Gasteiger partial charge on any atom is 0.337 e. The zero-order valence-corrected chi connectivity index (χ0v) is 17.1. The number of aryl methyl sites for hydroxylation is 1. The Balaban J connectivity index is 2.42. The van der Waals surface area contributed by atoms with Crippen LogP contribution in [0.2, 0.25) is 0 Å². The number of nitrogens with two attached hydrogens (primary N) is 2. The Morgan fingerprint density at radius 3 is 2.42 bits per heavy atom. The molecule has 10 heteroatoms. The van der Waals surface area contributed by atoms with Gasteiger partial charge in [0.05, 0.1) is 35.0 Å². The van der Waals surface area contributed by atoms with Gasteiger partial charge in [0, 0.05) is 18.3 Å². The Morgan fingerprint density at radius 2 is 1.81 bits per heavy atom. The first-order chi connectivity index (χ1) is 14.6. The summed E-state index contributed by atoms with van der Waals surface area (Å²) in [6.45, 7) is 4.81. The topological polar surface area (TPSA) is 112 Å². The van der Waals surface area contributed by atoms with Gasteiger partial charge in [0.2, 0.25) is 0 Å². The molecule has 31 heavy (non-hydrogen) atoms.